The van der Waals surface area contributed by atoms with Crippen LogP contribution in [-0.4, -0.2) is 20.4 Å². The summed E-state index contributed by atoms with van der Waals surface area (Å²) in [7, 11) is 1.90. The molecule has 1 aromatic heterocycles. The molecule has 5 heteroatoms. The maximum atomic E-state index is 6.34. The van der Waals surface area contributed by atoms with Crippen molar-refractivity contribution >= 4 is 5.95 Å². The standard InChI is InChI=1S/C14H22N4O/c1-18-12(16-17-13(18)15)8-19-14-5-9-2-10(6-14)4-11(3-9)7-14/h9-11H,2-8H2,1H3,(H2,15,17). The van der Waals surface area contributed by atoms with Crippen LogP contribution in [0, 0.1) is 17.8 Å². The van der Waals surface area contributed by atoms with Crippen molar-refractivity contribution in [3.05, 3.63) is 5.82 Å². The van der Waals surface area contributed by atoms with E-state index in [1.165, 1.54) is 38.5 Å². The van der Waals surface area contributed by atoms with E-state index in [0.29, 0.717) is 12.6 Å². The summed E-state index contributed by atoms with van der Waals surface area (Å²) >= 11 is 0. The first kappa shape index (κ1) is 11.7. The molecule has 1 heterocycles. The maximum Gasteiger partial charge on any atom is 0.221 e. The Bertz CT molecular complexity index is 460. The molecule has 4 aliphatic rings. The van der Waals surface area contributed by atoms with Gasteiger partial charge in [-0.25, -0.2) is 0 Å². The van der Waals surface area contributed by atoms with Crippen LogP contribution in [-0.2, 0) is 18.4 Å². The Labute approximate surface area is 113 Å². The molecule has 0 aliphatic heterocycles. The molecule has 4 fully saturated rings. The van der Waals surface area contributed by atoms with E-state index >= 15 is 0 Å². The Balaban J connectivity index is 1.49. The third-order valence-corrected chi connectivity index (χ3v) is 5.49. The highest BCUT2D eigenvalue weighted by Gasteiger charge is 2.51. The lowest BCUT2D eigenvalue weighted by molar-refractivity contribution is -0.170. The zero-order valence-corrected chi connectivity index (χ0v) is 11.5. The highest BCUT2D eigenvalue weighted by atomic mass is 16.5. The monoisotopic (exact) mass is 262 g/mol. The molecule has 19 heavy (non-hydrogen) atoms. The molecule has 0 radical (unpaired) electrons. The maximum absolute atomic E-state index is 6.34. The second-order valence-corrected chi connectivity index (χ2v) is 6.92. The molecule has 4 saturated carbocycles. The number of nitrogens with zero attached hydrogens (tertiary/aromatic N) is 3. The molecule has 5 rings (SSSR count). The Morgan fingerprint density at radius 1 is 1.16 bits per heavy atom. The van der Waals surface area contributed by atoms with E-state index in [1.807, 2.05) is 11.6 Å². The summed E-state index contributed by atoms with van der Waals surface area (Å²) in [4.78, 5) is 0. The van der Waals surface area contributed by atoms with Crippen molar-refractivity contribution in [3.8, 4) is 0 Å². The van der Waals surface area contributed by atoms with Crippen molar-refractivity contribution in [2.75, 3.05) is 5.73 Å². The number of nitrogen functional groups attached to an aromatic ring is 1. The number of ether oxygens (including phenoxy) is 1. The highest BCUT2D eigenvalue weighted by molar-refractivity contribution is 5.16. The molecular weight excluding hydrogens is 240 g/mol. The minimum atomic E-state index is 0.134. The molecule has 2 N–H and O–H groups in total. The minimum absolute atomic E-state index is 0.134. The van der Waals surface area contributed by atoms with Gasteiger partial charge >= 0.3 is 0 Å². The van der Waals surface area contributed by atoms with E-state index in [9.17, 15) is 0 Å². The smallest absolute Gasteiger partial charge is 0.221 e. The number of hydrogen-bond donors (Lipinski definition) is 1. The van der Waals surface area contributed by atoms with Gasteiger partial charge in [-0.05, 0) is 56.3 Å². The molecule has 5 nitrogen and oxygen atoms in total. The van der Waals surface area contributed by atoms with Crippen LogP contribution in [0.3, 0.4) is 0 Å². The largest absolute Gasteiger partial charge is 0.368 e. The Morgan fingerprint density at radius 2 is 1.74 bits per heavy atom. The molecule has 0 spiro atoms. The van der Waals surface area contributed by atoms with Gasteiger partial charge in [0.05, 0.1) is 5.60 Å². The summed E-state index contributed by atoms with van der Waals surface area (Å²) in [6.45, 7) is 0.548. The lowest BCUT2D eigenvalue weighted by Gasteiger charge is -2.56. The number of nitrogens with two attached hydrogens (primary N) is 1. The molecule has 0 amide bonds. The van der Waals surface area contributed by atoms with Gasteiger partial charge in [0.2, 0.25) is 5.95 Å². The summed E-state index contributed by atoms with van der Waals surface area (Å²) in [5.74, 6) is 4.04. The van der Waals surface area contributed by atoms with Gasteiger partial charge in [0.25, 0.3) is 0 Å². The van der Waals surface area contributed by atoms with Crippen molar-refractivity contribution in [2.45, 2.75) is 50.7 Å². The Kier molecular flexibility index (Phi) is 2.43. The van der Waals surface area contributed by atoms with Crippen molar-refractivity contribution < 1.29 is 4.74 Å². The normalized spacial score (nSPS) is 39.9. The van der Waals surface area contributed by atoms with E-state index in [0.717, 1.165) is 23.6 Å². The summed E-state index contributed by atoms with van der Waals surface area (Å²) in [6.07, 6.45) is 8.10. The molecule has 104 valence electrons. The average molecular weight is 262 g/mol. The lowest BCUT2D eigenvalue weighted by Crippen LogP contribution is -2.51. The summed E-state index contributed by atoms with van der Waals surface area (Å²) in [5, 5.41) is 7.99. The number of aromatic nitrogens is 3. The number of rotatable bonds is 3. The lowest BCUT2D eigenvalue weighted by atomic mass is 9.54. The van der Waals surface area contributed by atoms with E-state index in [2.05, 4.69) is 10.2 Å². The van der Waals surface area contributed by atoms with E-state index in [1.54, 1.807) is 0 Å². The first-order valence-corrected chi connectivity index (χ1v) is 7.41. The SMILES string of the molecule is Cn1c(N)nnc1COC12CC3CC(CC(C3)C1)C2. The topological polar surface area (TPSA) is 66.0 Å². The zero-order valence-electron chi connectivity index (χ0n) is 11.5. The summed E-state index contributed by atoms with van der Waals surface area (Å²) in [6, 6.07) is 0. The van der Waals surface area contributed by atoms with Crippen molar-refractivity contribution in [3.63, 3.8) is 0 Å². The van der Waals surface area contributed by atoms with Crippen molar-refractivity contribution in [1.82, 2.24) is 14.8 Å². The Hall–Kier alpha value is -1.10. The van der Waals surface area contributed by atoms with Crippen molar-refractivity contribution in [2.24, 2.45) is 24.8 Å². The first-order chi connectivity index (χ1) is 9.13. The van der Waals surface area contributed by atoms with Gasteiger partial charge in [0.1, 0.15) is 6.61 Å². The second kappa shape index (κ2) is 3.95. The van der Waals surface area contributed by atoms with E-state index in [4.69, 9.17) is 10.5 Å². The summed E-state index contributed by atoms with van der Waals surface area (Å²) < 4.78 is 8.16. The van der Waals surface area contributed by atoms with Gasteiger partial charge in [-0.3, -0.25) is 4.57 Å². The van der Waals surface area contributed by atoms with Gasteiger partial charge in [0.15, 0.2) is 5.82 Å². The quantitative estimate of drug-likeness (QED) is 0.903. The molecule has 1 aromatic rings. The predicted octanol–water partition coefficient (Wildman–Crippen LogP) is 1.88. The van der Waals surface area contributed by atoms with Crippen molar-refractivity contribution in [1.29, 1.82) is 0 Å². The molecule has 0 aromatic carbocycles. The van der Waals surface area contributed by atoms with E-state index < -0.39 is 0 Å². The number of anilines is 1. The first-order valence-electron chi connectivity index (χ1n) is 7.41. The predicted molar refractivity (Wildman–Crippen MR) is 71.1 cm³/mol. The van der Waals surface area contributed by atoms with Crippen LogP contribution in [0.5, 0.6) is 0 Å². The van der Waals surface area contributed by atoms with Gasteiger partial charge < -0.3 is 10.5 Å². The van der Waals surface area contributed by atoms with Gasteiger partial charge in [-0.1, -0.05) is 0 Å². The van der Waals surface area contributed by atoms with Crippen LogP contribution in [0.4, 0.5) is 5.95 Å². The van der Waals surface area contributed by atoms with E-state index in [-0.39, 0.29) is 5.60 Å². The highest BCUT2D eigenvalue weighted by Crippen LogP contribution is 2.57. The molecule has 4 aliphatic carbocycles. The molecule has 0 atom stereocenters. The van der Waals surface area contributed by atoms with Crippen LogP contribution < -0.4 is 5.73 Å². The number of hydrogen-bond acceptors (Lipinski definition) is 4. The second-order valence-electron chi connectivity index (χ2n) is 6.92. The summed E-state index contributed by atoms with van der Waals surface area (Å²) in [5.41, 5.74) is 5.85. The van der Waals surface area contributed by atoms with Crippen LogP contribution in [0.1, 0.15) is 44.3 Å². The molecule has 0 unspecified atom stereocenters. The zero-order chi connectivity index (χ0) is 13.0. The van der Waals surface area contributed by atoms with Crippen LogP contribution >= 0.6 is 0 Å². The average Bonchev–Trinajstić information content (AvgIpc) is 2.66. The fourth-order valence-corrected chi connectivity index (χ4v) is 4.93. The fraction of sp³-hybridized carbons (Fsp3) is 0.857. The molecular formula is C14H22N4O. The third kappa shape index (κ3) is 1.86. The Morgan fingerprint density at radius 3 is 2.21 bits per heavy atom. The third-order valence-electron chi connectivity index (χ3n) is 5.49. The fourth-order valence-electron chi connectivity index (χ4n) is 4.93. The van der Waals surface area contributed by atoms with Crippen LogP contribution in [0.15, 0.2) is 0 Å². The van der Waals surface area contributed by atoms with Gasteiger partial charge in [-0.2, -0.15) is 0 Å². The van der Waals surface area contributed by atoms with Crippen LogP contribution in [0.2, 0.25) is 0 Å². The molecule has 4 bridgehead atoms. The van der Waals surface area contributed by atoms with Gasteiger partial charge in [-0.15, -0.1) is 10.2 Å². The van der Waals surface area contributed by atoms with Crippen LogP contribution in [0.25, 0.3) is 0 Å². The molecule has 0 saturated heterocycles. The van der Waals surface area contributed by atoms with Gasteiger partial charge in [0, 0.05) is 7.05 Å². The minimum Gasteiger partial charge on any atom is -0.368 e.